The highest BCUT2D eigenvalue weighted by Crippen LogP contribution is 2.18. The predicted molar refractivity (Wildman–Crippen MR) is 310 cm³/mol. The van der Waals surface area contributed by atoms with Gasteiger partial charge in [-0.1, -0.05) is 106 Å². The fourth-order valence-electron chi connectivity index (χ4n) is 6.97. The van der Waals surface area contributed by atoms with Crippen LogP contribution in [0.5, 0.6) is 0 Å². The molecule has 0 aliphatic rings. The molecule has 0 saturated heterocycles. The summed E-state index contributed by atoms with van der Waals surface area (Å²) in [6.07, 6.45) is 16.4. The summed E-state index contributed by atoms with van der Waals surface area (Å²) >= 11 is 1.25. The number of unbranched alkanes of at least 4 members (excludes halogenated alkanes) is 13. The van der Waals surface area contributed by atoms with Gasteiger partial charge in [0.05, 0.1) is 57.4 Å². The van der Waals surface area contributed by atoms with Crippen molar-refractivity contribution in [1.29, 1.82) is 0 Å². The number of nitrogens with two attached hydrogens (primary N) is 1. The van der Waals surface area contributed by atoms with E-state index in [0.29, 0.717) is 25.0 Å². The van der Waals surface area contributed by atoms with E-state index in [1.165, 1.54) is 57.2 Å². The molecule has 0 heterocycles. The molecule has 0 aliphatic heterocycles. The number of carbonyl (C=O) groups is 10. The fourth-order valence-corrected chi connectivity index (χ4v) is 8.08. The van der Waals surface area contributed by atoms with Gasteiger partial charge in [-0.3, -0.25) is 43.2 Å². The summed E-state index contributed by atoms with van der Waals surface area (Å²) in [4.78, 5) is 116. The Kier molecular flexibility index (Phi) is 62.2. The van der Waals surface area contributed by atoms with E-state index in [4.69, 9.17) is 40.0 Å². The third-order valence-electron chi connectivity index (χ3n) is 11.8. The van der Waals surface area contributed by atoms with Gasteiger partial charge in [-0.15, -0.1) is 0 Å². The maximum atomic E-state index is 12.4. The highest BCUT2D eigenvalue weighted by Gasteiger charge is 2.25. The van der Waals surface area contributed by atoms with Crippen LogP contribution in [0.25, 0.3) is 0 Å². The number of ketones is 3. The van der Waals surface area contributed by atoms with Gasteiger partial charge in [0.15, 0.2) is 0 Å². The number of aliphatic hydroxyl groups excluding tert-OH is 1. The smallest absolute Gasteiger partial charge is 0.326 e. The number of rotatable bonds is 53. The Morgan fingerprint density at radius 3 is 1.43 bits per heavy atom. The van der Waals surface area contributed by atoms with Gasteiger partial charge < -0.3 is 66.4 Å². The number of carboxylic acids is 3. The number of thioether (sulfide) groups is 1. The number of hydrogen-bond acceptors (Lipinski definition) is 17. The molecule has 80 heavy (non-hydrogen) atoms. The van der Waals surface area contributed by atoms with Crippen molar-refractivity contribution >= 4 is 70.6 Å². The molecule has 0 spiro atoms. The Balaban J connectivity index is -0.00000196. The molecule has 0 radical (unpaired) electrons. The molecule has 23 nitrogen and oxygen atoms in total. The van der Waals surface area contributed by atoms with Gasteiger partial charge in [0, 0.05) is 70.0 Å². The quantitative estimate of drug-likeness (QED) is 0.0331. The molecule has 0 aromatic rings. The summed E-state index contributed by atoms with van der Waals surface area (Å²) in [6.45, 7) is 5.75. The lowest BCUT2D eigenvalue weighted by molar-refractivity contribution is -0.145. The topological polar surface area (TPSA) is 363 Å². The number of ether oxygens (including phenoxy) is 4. The number of amides is 4. The summed E-state index contributed by atoms with van der Waals surface area (Å²) in [5, 5.41) is 46.9. The van der Waals surface area contributed by atoms with Crippen LogP contribution in [0.1, 0.15) is 184 Å². The summed E-state index contributed by atoms with van der Waals surface area (Å²) in [6, 6.07) is -1.41. The molecule has 24 heteroatoms. The van der Waals surface area contributed by atoms with Crippen LogP contribution in [-0.4, -0.2) is 182 Å². The SMILES string of the molecule is C.C.C.CC(=O)[C@H](C)N.CC[C@@H](CSCC(=O)NCCNC(=O)COCCOCCNC(=O)COCCOCCCC(=O)CC[C@H](NC(=O)CCCCCCCCCCCCCCCCC(=O)O)C(=O)O)C(=O)C[C@@H](CO)C(=O)O. The molecular weight excluding hydrogens is 1060 g/mol. The first-order valence-corrected chi connectivity index (χ1v) is 28.6. The van der Waals surface area contributed by atoms with E-state index in [-0.39, 0.29) is 186 Å². The molecular formula is C56H107N5O18S. The van der Waals surface area contributed by atoms with Crippen LogP contribution in [0.3, 0.4) is 0 Å². The minimum Gasteiger partial charge on any atom is -0.481 e. The zero-order chi connectivity index (χ0) is 57.9. The number of nitrogens with one attached hydrogen (secondary N) is 4. The summed E-state index contributed by atoms with van der Waals surface area (Å²) < 4.78 is 21.4. The van der Waals surface area contributed by atoms with Crippen molar-refractivity contribution in [2.24, 2.45) is 17.6 Å². The lowest BCUT2D eigenvalue weighted by atomic mass is 9.94. The van der Waals surface area contributed by atoms with Gasteiger partial charge in [-0.25, -0.2) is 4.79 Å². The summed E-state index contributed by atoms with van der Waals surface area (Å²) in [5.74, 6) is -5.91. The molecule has 0 fully saturated rings. The predicted octanol–water partition coefficient (Wildman–Crippen LogP) is 5.67. The standard InChI is InChI=1S/C49H86N4O17S.C4H9NO.3CH4/c1-2-38(42(56)32-39(33-54)48(63)64)36-71-37-46(60)51-24-23-50-44(58)34-70-31-29-68-27-25-52-45(59)35-69-30-28-67-26-17-18-40(55)21-22-41(49(65)66)53-43(57)19-15-13-11-9-7-5-3-4-6-8-10-12-14-16-20-47(61)62;1-3(5)4(2)6;;;/h38-39,41,54H,2-37H2,1H3,(H,50,58)(H,51,60)(H,52,59)(H,53,57)(H,61,62)(H,63,64)(H,65,66);3H,5H2,1-2H3;3*1H4/t38-,39-,41-;3-;;;/m00.../s1. The van der Waals surface area contributed by atoms with E-state index in [0.717, 1.165) is 44.9 Å². The average molecular weight is 1170 g/mol. The molecule has 0 saturated carbocycles. The second-order valence-corrected chi connectivity index (χ2v) is 19.8. The molecule has 0 rings (SSSR count). The van der Waals surface area contributed by atoms with Gasteiger partial charge >= 0.3 is 17.9 Å². The number of aliphatic carboxylic acids is 3. The molecule has 10 N–H and O–H groups in total. The van der Waals surface area contributed by atoms with E-state index < -0.39 is 42.4 Å². The third-order valence-corrected chi connectivity index (χ3v) is 12.9. The highest BCUT2D eigenvalue weighted by atomic mass is 32.2. The van der Waals surface area contributed by atoms with Crippen LogP contribution >= 0.6 is 11.8 Å². The number of Topliss-reactive ketones (excluding diaryl/α,β-unsaturated/α-hetero) is 3. The Morgan fingerprint density at radius 1 is 0.525 bits per heavy atom. The zero-order valence-electron chi connectivity index (χ0n) is 46.3. The Labute approximate surface area is 482 Å². The van der Waals surface area contributed by atoms with Crippen molar-refractivity contribution in [3.8, 4) is 0 Å². The van der Waals surface area contributed by atoms with E-state index >= 15 is 0 Å². The van der Waals surface area contributed by atoms with Crippen LogP contribution < -0.4 is 27.0 Å². The van der Waals surface area contributed by atoms with Crippen molar-refractivity contribution in [2.75, 3.05) is 90.6 Å². The van der Waals surface area contributed by atoms with Gasteiger partial charge in [0.2, 0.25) is 23.6 Å². The van der Waals surface area contributed by atoms with Gasteiger partial charge in [0.25, 0.3) is 0 Å². The minimum atomic E-state index is -1.23. The Hall–Kier alpha value is -4.59. The first-order valence-electron chi connectivity index (χ1n) is 27.4. The van der Waals surface area contributed by atoms with Gasteiger partial charge in [-0.05, 0) is 46.0 Å². The zero-order valence-corrected chi connectivity index (χ0v) is 47.1. The minimum absolute atomic E-state index is 0. The second-order valence-electron chi connectivity index (χ2n) is 18.8. The number of hydrogen-bond donors (Lipinski definition) is 9. The number of carbonyl (C=O) groups excluding carboxylic acids is 7. The van der Waals surface area contributed by atoms with Crippen LogP contribution in [0.4, 0.5) is 0 Å². The maximum Gasteiger partial charge on any atom is 0.326 e. The summed E-state index contributed by atoms with van der Waals surface area (Å²) in [5.41, 5.74) is 5.09. The second kappa shape index (κ2) is 59.0. The maximum absolute atomic E-state index is 12.4. The first kappa shape index (κ1) is 84.2. The van der Waals surface area contributed by atoms with Crippen LogP contribution in [-0.2, 0) is 66.9 Å². The largest absolute Gasteiger partial charge is 0.481 e. The lowest BCUT2D eigenvalue weighted by Crippen LogP contribution is -2.41. The average Bonchev–Trinajstić information content (AvgIpc) is 3.38. The van der Waals surface area contributed by atoms with Crippen LogP contribution in [0.2, 0.25) is 0 Å². The highest BCUT2D eigenvalue weighted by molar-refractivity contribution is 7.99. The van der Waals surface area contributed by atoms with Gasteiger partial charge in [0.1, 0.15) is 36.6 Å². The van der Waals surface area contributed by atoms with E-state index in [1.807, 2.05) is 0 Å². The molecule has 4 atom stereocenters. The van der Waals surface area contributed by atoms with Crippen LogP contribution in [0, 0.1) is 11.8 Å². The third kappa shape index (κ3) is 56.7. The summed E-state index contributed by atoms with van der Waals surface area (Å²) in [7, 11) is 0. The van der Waals surface area contributed by atoms with Crippen molar-refractivity contribution in [2.45, 2.75) is 196 Å². The molecule has 0 unspecified atom stereocenters. The molecule has 0 bridgehead atoms. The molecule has 470 valence electrons. The van der Waals surface area contributed by atoms with Gasteiger partial charge in [-0.2, -0.15) is 11.8 Å². The number of carboxylic acid groups (broad SMARTS) is 3. The van der Waals surface area contributed by atoms with E-state index in [1.54, 1.807) is 13.8 Å². The Bertz CT molecular complexity index is 1660. The first-order chi connectivity index (χ1) is 36.8. The fraction of sp³-hybridized carbons (Fsp3) is 0.821. The van der Waals surface area contributed by atoms with Crippen molar-refractivity contribution in [3.05, 3.63) is 0 Å². The normalized spacial score (nSPS) is 12.0. The van der Waals surface area contributed by atoms with Crippen molar-refractivity contribution < 1.29 is 87.3 Å². The van der Waals surface area contributed by atoms with E-state index in [9.17, 15) is 53.1 Å². The van der Waals surface area contributed by atoms with Crippen molar-refractivity contribution in [1.82, 2.24) is 21.3 Å². The Morgan fingerprint density at radius 2 is 0.975 bits per heavy atom. The van der Waals surface area contributed by atoms with E-state index in [2.05, 4.69) is 21.3 Å². The van der Waals surface area contributed by atoms with Crippen molar-refractivity contribution in [3.63, 3.8) is 0 Å². The molecule has 0 aliphatic carbocycles. The molecule has 0 aromatic carbocycles. The van der Waals surface area contributed by atoms with Crippen LogP contribution in [0.15, 0.2) is 0 Å². The lowest BCUT2D eigenvalue weighted by Gasteiger charge is -2.15. The monoisotopic (exact) mass is 1170 g/mol. The number of aliphatic hydroxyl groups is 1. The molecule has 0 aromatic heterocycles. The molecule has 4 amide bonds.